The Kier molecular flexibility index (Phi) is 4.32. The van der Waals surface area contributed by atoms with Crippen LogP contribution in [-0.4, -0.2) is 16.2 Å². The third-order valence-corrected chi connectivity index (χ3v) is 2.58. The number of rotatable bonds is 4. The fourth-order valence-electron chi connectivity index (χ4n) is 1.36. The molecular formula is C10H15ClN2O3. The van der Waals surface area contributed by atoms with E-state index in [0.29, 0.717) is 12.2 Å². The van der Waals surface area contributed by atoms with Gasteiger partial charge in [-0.25, -0.2) is 4.79 Å². The highest BCUT2D eigenvalue weighted by atomic mass is 35.5. The van der Waals surface area contributed by atoms with Gasteiger partial charge in [0.2, 0.25) is 0 Å². The Morgan fingerprint density at radius 3 is 2.56 bits per heavy atom. The summed E-state index contributed by atoms with van der Waals surface area (Å²) in [6.07, 6.45) is 0. The molecule has 1 aromatic rings. The van der Waals surface area contributed by atoms with Crippen molar-refractivity contribution in [2.45, 2.75) is 33.4 Å². The lowest BCUT2D eigenvalue weighted by molar-refractivity contribution is 0.0842. The minimum Gasteiger partial charge on any atom is -0.361 e. The van der Waals surface area contributed by atoms with E-state index in [4.69, 9.17) is 16.3 Å². The molecule has 6 heteroatoms. The van der Waals surface area contributed by atoms with Crippen LogP contribution in [0.4, 0.5) is 0 Å². The van der Waals surface area contributed by atoms with Gasteiger partial charge in [-0.1, -0.05) is 25.4 Å². The smallest absolute Gasteiger partial charge is 0.331 e. The molecule has 0 unspecified atom stereocenters. The number of aromatic nitrogens is 2. The number of H-pyrrole nitrogens is 1. The Hall–Kier alpha value is -1.07. The molecule has 0 fully saturated rings. The highest BCUT2D eigenvalue weighted by Gasteiger charge is 2.15. The quantitative estimate of drug-likeness (QED) is 0.815. The zero-order chi connectivity index (χ0) is 12.3. The topological polar surface area (TPSA) is 64.1 Å². The van der Waals surface area contributed by atoms with Crippen molar-refractivity contribution < 1.29 is 4.74 Å². The lowest BCUT2D eigenvalue weighted by atomic mass is 10.1. The summed E-state index contributed by atoms with van der Waals surface area (Å²) < 4.78 is 6.32. The second-order valence-electron chi connectivity index (χ2n) is 3.67. The van der Waals surface area contributed by atoms with E-state index in [1.807, 2.05) is 20.8 Å². The van der Waals surface area contributed by atoms with Gasteiger partial charge in [0.1, 0.15) is 11.9 Å². The Morgan fingerprint density at radius 2 is 2.06 bits per heavy atom. The number of nitrogens with zero attached hydrogens (tertiary/aromatic N) is 1. The van der Waals surface area contributed by atoms with Crippen molar-refractivity contribution in [2.24, 2.45) is 0 Å². The van der Waals surface area contributed by atoms with Gasteiger partial charge in [-0.2, -0.15) is 0 Å². The predicted octanol–water partition coefficient (Wildman–Crippen LogP) is 1.31. The first-order valence-corrected chi connectivity index (χ1v) is 5.47. The first-order chi connectivity index (χ1) is 7.49. The molecule has 5 nitrogen and oxygen atoms in total. The van der Waals surface area contributed by atoms with E-state index in [2.05, 4.69) is 4.98 Å². The minimum atomic E-state index is -0.548. The van der Waals surface area contributed by atoms with Crippen molar-refractivity contribution in [3.63, 3.8) is 0 Å². The summed E-state index contributed by atoms with van der Waals surface area (Å²) in [7, 11) is 0. The van der Waals surface area contributed by atoms with Gasteiger partial charge in [-0.05, 0) is 12.8 Å². The van der Waals surface area contributed by atoms with Crippen molar-refractivity contribution in [1.29, 1.82) is 0 Å². The predicted molar refractivity (Wildman–Crippen MR) is 62.0 cm³/mol. The van der Waals surface area contributed by atoms with E-state index in [9.17, 15) is 9.59 Å². The minimum absolute atomic E-state index is 0.0463. The number of hydrogen-bond donors (Lipinski definition) is 1. The lowest BCUT2D eigenvalue weighted by Crippen LogP contribution is -2.34. The van der Waals surface area contributed by atoms with Crippen LogP contribution in [0.25, 0.3) is 0 Å². The number of aromatic amines is 1. The summed E-state index contributed by atoms with van der Waals surface area (Å²) in [6.45, 7) is 6.01. The van der Waals surface area contributed by atoms with Crippen molar-refractivity contribution in [3.05, 3.63) is 31.6 Å². The van der Waals surface area contributed by atoms with E-state index in [-0.39, 0.29) is 17.8 Å². The first kappa shape index (κ1) is 13.0. The molecule has 0 aliphatic heterocycles. The maximum Gasteiger partial charge on any atom is 0.331 e. The Balaban J connectivity index is 3.34. The number of hydrogen-bond acceptors (Lipinski definition) is 3. The normalized spacial score (nSPS) is 11.1. The third-order valence-electron chi connectivity index (χ3n) is 2.17. The molecule has 0 radical (unpaired) electrons. The molecule has 0 aliphatic carbocycles. The Morgan fingerprint density at radius 1 is 1.44 bits per heavy atom. The lowest BCUT2D eigenvalue weighted by Gasteiger charge is -2.12. The molecule has 0 aromatic carbocycles. The summed E-state index contributed by atoms with van der Waals surface area (Å²) in [5.74, 6) is -0.0512. The van der Waals surface area contributed by atoms with Crippen LogP contribution in [0.3, 0.4) is 0 Å². The van der Waals surface area contributed by atoms with E-state index >= 15 is 0 Å². The molecule has 0 bridgehead atoms. The van der Waals surface area contributed by atoms with Crippen LogP contribution in [0.2, 0.25) is 5.15 Å². The largest absolute Gasteiger partial charge is 0.361 e. The molecule has 0 saturated heterocycles. The van der Waals surface area contributed by atoms with E-state index in [0.717, 1.165) is 0 Å². The van der Waals surface area contributed by atoms with Crippen LogP contribution in [0.5, 0.6) is 0 Å². The third kappa shape index (κ3) is 2.54. The molecule has 0 aliphatic rings. The summed E-state index contributed by atoms with van der Waals surface area (Å²) in [5.41, 5.74) is -0.577. The van der Waals surface area contributed by atoms with Crippen LogP contribution < -0.4 is 11.2 Å². The van der Waals surface area contributed by atoms with Gasteiger partial charge in [-0.15, -0.1) is 0 Å². The van der Waals surface area contributed by atoms with Gasteiger partial charge < -0.3 is 4.74 Å². The molecule has 0 spiro atoms. The fraction of sp³-hybridized carbons (Fsp3) is 0.600. The van der Waals surface area contributed by atoms with Crippen LogP contribution in [0.15, 0.2) is 9.59 Å². The van der Waals surface area contributed by atoms with E-state index in [1.165, 1.54) is 4.57 Å². The van der Waals surface area contributed by atoms with Crippen molar-refractivity contribution in [3.8, 4) is 0 Å². The van der Waals surface area contributed by atoms with Gasteiger partial charge >= 0.3 is 5.69 Å². The van der Waals surface area contributed by atoms with Gasteiger partial charge in [0.05, 0.1) is 5.56 Å². The number of ether oxygens (including phenoxy) is 1. The summed E-state index contributed by atoms with van der Waals surface area (Å²) >= 11 is 6.01. The fourth-order valence-corrected chi connectivity index (χ4v) is 1.79. The monoisotopic (exact) mass is 246 g/mol. The maximum atomic E-state index is 11.5. The molecule has 0 amide bonds. The molecular weight excluding hydrogens is 232 g/mol. The SMILES string of the molecule is CCOCn1c(Cl)c(C(C)C)c(=O)[nH]c1=O. The van der Waals surface area contributed by atoms with Gasteiger partial charge in [0.25, 0.3) is 5.56 Å². The average Bonchev–Trinajstić information content (AvgIpc) is 2.16. The molecule has 16 heavy (non-hydrogen) atoms. The molecule has 0 atom stereocenters. The highest BCUT2D eigenvalue weighted by Crippen LogP contribution is 2.18. The summed E-state index contributed by atoms with van der Waals surface area (Å²) in [6, 6.07) is 0. The number of nitrogens with one attached hydrogen (secondary N) is 1. The summed E-state index contributed by atoms with van der Waals surface area (Å²) in [4.78, 5) is 25.2. The highest BCUT2D eigenvalue weighted by molar-refractivity contribution is 6.30. The van der Waals surface area contributed by atoms with Crippen molar-refractivity contribution in [1.82, 2.24) is 9.55 Å². The van der Waals surface area contributed by atoms with Gasteiger partial charge in [0, 0.05) is 6.61 Å². The Labute approximate surface area is 98.0 Å². The zero-order valence-electron chi connectivity index (χ0n) is 9.54. The van der Waals surface area contributed by atoms with Crippen LogP contribution in [0, 0.1) is 0 Å². The molecule has 1 rings (SSSR count). The second kappa shape index (κ2) is 5.32. The summed E-state index contributed by atoms with van der Waals surface area (Å²) in [5, 5.41) is 0.150. The van der Waals surface area contributed by atoms with Gasteiger partial charge in [0.15, 0.2) is 0 Å². The van der Waals surface area contributed by atoms with Crippen LogP contribution in [-0.2, 0) is 11.5 Å². The zero-order valence-corrected chi connectivity index (χ0v) is 10.3. The average molecular weight is 247 g/mol. The van der Waals surface area contributed by atoms with Crippen molar-refractivity contribution >= 4 is 11.6 Å². The number of halogens is 1. The molecule has 1 heterocycles. The van der Waals surface area contributed by atoms with Gasteiger partial charge in [-0.3, -0.25) is 14.3 Å². The van der Waals surface area contributed by atoms with Crippen LogP contribution in [0.1, 0.15) is 32.3 Å². The molecule has 0 saturated carbocycles. The Bertz CT molecular complexity index is 476. The second-order valence-corrected chi connectivity index (χ2v) is 4.03. The standard InChI is InChI=1S/C10H15ClN2O3/c1-4-16-5-13-8(11)7(6(2)3)9(14)12-10(13)15/h6H,4-5H2,1-3H3,(H,12,14,15). The van der Waals surface area contributed by atoms with Crippen LogP contribution >= 0.6 is 11.6 Å². The molecule has 1 aromatic heterocycles. The van der Waals surface area contributed by atoms with E-state index in [1.54, 1.807) is 0 Å². The van der Waals surface area contributed by atoms with Crippen molar-refractivity contribution in [2.75, 3.05) is 6.61 Å². The molecule has 90 valence electrons. The maximum absolute atomic E-state index is 11.5. The first-order valence-electron chi connectivity index (χ1n) is 5.09. The van der Waals surface area contributed by atoms with E-state index < -0.39 is 11.2 Å². The molecule has 1 N–H and O–H groups in total.